The van der Waals surface area contributed by atoms with E-state index in [1.807, 2.05) is 7.05 Å². The Kier molecular flexibility index (Phi) is 3.97. The van der Waals surface area contributed by atoms with Gasteiger partial charge in [0.05, 0.1) is 0 Å². The molecule has 3 heteroatoms. The summed E-state index contributed by atoms with van der Waals surface area (Å²) in [6, 6.07) is 2.08. The maximum Gasteiger partial charge on any atom is 0.134 e. The van der Waals surface area contributed by atoms with Crippen LogP contribution in [0, 0.1) is 5.92 Å². The first-order valence-electron chi connectivity index (χ1n) is 6.74. The lowest BCUT2D eigenvalue weighted by atomic mass is 10.1. The van der Waals surface area contributed by atoms with Crippen molar-refractivity contribution in [2.24, 2.45) is 5.92 Å². The fraction of sp³-hybridized carbons (Fsp3) is 0.714. The Morgan fingerprint density at radius 2 is 2.00 bits per heavy atom. The molecule has 1 aliphatic rings. The summed E-state index contributed by atoms with van der Waals surface area (Å²) in [5.74, 6) is 3.27. The van der Waals surface area contributed by atoms with Crippen molar-refractivity contribution < 1.29 is 0 Å². The van der Waals surface area contributed by atoms with Crippen LogP contribution < -0.4 is 5.32 Å². The van der Waals surface area contributed by atoms with Crippen LogP contribution in [-0.4, -0.2) is 17.0 Å². The Bertz CT molecular complexity index is 368. The molecule has 17 heavy (non-hydrogen) atoms. The van der Waals surface area contributed by atoms with Gasteiger partial charge in [-0.15, -0.1) is 0 Å². The highest BCUT2D eigenvalue weighted by Gasteiger charge is 2.20. The number of nitrogens with one attached hydrogen (secondary N) is 1. The van der Waals surface area contributed by atoms with E-state index in [1.165, 1.54) is 31.4 Å². The monoisotopic (exact) mass is 233 g/mol. The third-order valence-electron chi connectivity index (χ3n) is 3.39. The highest BCUT2D eigenvalue weighted by Crippen LogP contribution is 2.32. The van der Waals surface area contributed by atoms with E-state index in [9.17, 15) is 0 Å². The van der Waals surface area contributed by atoms with Crippen molar-refractivity contribution in [3.8, 4) is 0 Å². The number of hydrogen-bond acceptors (Lipinski definition) is 3. The molecule has 1 aromatic heterocycles. The lowest BCUT2D eigenvalue weighted by molar-refractivity contribution is 0.614. The minimum absolute atomic E-state index is 0.592. The number of rotatable bonds is 4. The van der Waals surface area contributed by atoms with Crippen LogP contribution in [0.1, 0.15) is 57.0 Å². The van der Waals surface area contributed by atoms with E-state index in [2.05, 4.69) is 30.2 Å². The SMILES string of the molecule is CNc1cc(CC(C)C)nc(C2CCCC2)n1. The standard InChI is InChI=1S/C14H23N3/c1-10(2)8-12-9-13(15-3)17-14(16-12)11-6-4-5-7-11/h9-11H,4-8H2,1-3H3,(H,15,16,17). The molecule has 1 saturated carbocycles. The van der Waals surface area contributed by atoms with Crippen molar-refractivity contribution in [3.63, 3.8) is 0 Å². The summed E-state index contributed by atoms with van der Waals surface area (Å²) >= 11 is 0. The molecule has 2 rings (SSSR count). The lowest BCUT2D eigenvalue weighted by Crippen LogP contribution is -2.08. The molecule has 1 N–H and O–H groups in total. The van der Waals surface area contributed by atoms with E-state index in [4.69, 9.17) is 4.98 Å². The van der Waals surface area contributed by atoms with Gasteiger partial charge in [0.2, 0.25) is 0 Å². The van der Waals surface area contributed by atoms with Gasteiger partial charge in [-0.2, -0.15) is 0 Å². The Morgan fingerprint density at radius 3 is 2.59 bits per heavy atom. The van der Waals surface area contributed by atoms with Gasteiger partial charge in [0.25, 0.3) is 0 Å². The molecule has 1 heterocycles. The quantitative estimate of drug-likeness (QED) is 0.866. The van der Waals surface area contributed by atoms with Gasteiger partial charge in [-0.1, -0.05) is 26.7 Å². The zero-order valence-electron chi connectivity index (χ0n) is 11.2. The average Bonchev–Trinajstić information content (AvgIpc) is 2.81. The van der Waals surface area contributed by atoms with Crippen LogP contribution in [0.4, 0.5) is 5.82 Å². The van der Waals surface area contributed by atoms with E-state index in [1.54, 1.807) is 0 Å². The molecular weight excluding hydrogens is 210 g/mol. The summed E-state index contributed by atoms with van der Waals surface area (Å²) in [7, 11) is 1.93. The second-order valence-corrected chi connectivity index (χ2v) is 5.43. The summed E-state index contributed by atoms with van der Waals surface area (Å²) in [6.07, 6.45) is 6.22. The highest BCUT2D eigenvalue weighted by atomic mass is 15.0. The highest BCUT2D eigenvalue weighted by molar-refractivity contribution is 5.36. The van der Waals surface area contributed by atoms with E-state index < -0.39 is 0 Å². The molecule has 0 bridgehead atoms. The molecule has 1 aliphatic carbocycles. The van der Waals surface area contributed by atoms with E-state index >= 15 is 0 Å². The largest absolute Gasteiger partial charge is 0.373 e. The molecule has 1 fully saturated rings. The summed E-state index contributed by atoms with van der Waals surface area (Å²) in [5, 5.41) is 3.15. The topological polar surface area (TPSA) is 37.8 Å². The maximum absolute atomic E-state index is 4.75. The van der Waals surface area contributed by atoms with Gasteiger partial charge < -0.3 is 5.32 Å². The number of hydrogen-bond donors (Lipinski definition) is 1. The smallest absolute Gasteiger partial charge is 0.134 e. The van der Waals surface area contributed by atoms with Gasteiger partial charge >= 0.3 is 0 Å². The minimum Gasteiger partial charge on any atom is -0.373 e. The van der Waals surface area contributed by atoms with Crippen molar-refractivity contribution >= 4 is 5.82 Å². The van der Waals surface area contributed by atoms with Gasteiger partial charge in [0.1, 0.15) is 11.6 Å². The van der Waals surface area contributed by atoms with Crippen LogP contribution in [0.15, 0.2) is 6.07 Å². The molecule has 3 nitrogen and oxygen atoms in total. The Balaban J connectivity index is 2.24. The predicted octanol–water partition coefficient (Wildman–Crippen LogP) is 3.37. The Hall–Kier alpha value is -1.12. The normalized spacial score (nSPS) is 16.7. The third kappa shape index (κ3) is 3.18. The van der Waals surface area contributed by atoms with Crippen LogP contribution in [-0.2, 0) is 6.42 Å². The summed E-state index contributed by atoms with van der Waals surface area (Å²) in [6.45, 7) is 4.47. The first kappa shape index (κ1) is 12.3. The first-order valence-corrected chi connectivity index (χ1v) is 6.74. The molecule has 0 atom stereocenters. The molecule has 0 unspecified atom stereocenters. The van der Waals surface area contributed by atoms with Crippen LogP contribution in [0.3, 0.4) is 0 Å². The number of aromatic nitrogens is 2. The zero-order chi connectivity index (χ0) is 12.3. The first-order chi connectivity index (χ1) is 8.19. The Labute approximate surface area is 104 Å². The molecule has 94 valence electrons. The molecule has 0 aliphatic heterocycles. The molecule has 0 aromatic carbocycles. The van der Waals surface area contributed by atoms with Crippen molar-refractivity contribution in [2.45, 2.75) is 51.9 Å². The molecular formula is C14H23N3. The Morgan fingerprint density at radius 1 is 1.29 bits per heavy atom. The van der Waals surface area contributed by atoms with Crippen LogP contribution in [0.5, 0.6) is 0 Å². The molecule has 0 radical (unpaired) electrons. The second kappa shape index (κ2) is 5.48. The molecule has 0 spiro atoms. The van der Waals surface area contributed by atoms with Crippen molar-refractivity contribution in [1.82, 2.24) is 9.97 Å². The lowest BCUT2D eigenvalue weighted by Gasteiger charge is -2.13. The molecule has 1 aromatic rings. The molecule has 0 amide bonds. The summed E-state index contributed by atoms with van der Waals surface area (Å²) in [4.78, 5) is 9.37. The van der Waals surface area contributed by atoms with Crippen LogP contribution in [0.25, 0.3) is 0 Å². The summed E-state index contributed by atoms with van der Waals surface area (Å²) in [5.41, 5.74) is 1.18. The number of nitrogens with zero attached hydrogens (tertiary/aromatic N) is 2. The van der Waals surface area contributed by atoms with E-state index in [-0.39, 0.29) is 0 Å². The maximum atomic E-state index is 4.75. The second-order valence-electron chi connectivity index (χ2n) is 5.43. The van der Waals surface area contributed by atoms with Crippen LogP contribution in [0.2, 0.25) is 0 Å². The van der Waals surface area contributed by atoms with Crippen molar-refractivity contribution in [1.29, 1.82) is 0 Å². The van der Waals surface area contributed by atoms with E-state index in [0.717, 1.165) is 18.1 Å². The minimum atomic E-state index is 0.592. The van der Waals surface area contributed by atoms with Gasteiger partial charge in [-0.3, -0.25) is 0 Å². The van der Waals surface area contributed by atoms with Crippen molar-refractivity contribution in [2.75, 3.05) is 12.4 Å². The fourth-order valence-electron chi connectivity index (χ4n) is 2.54. The average molecular weight is 233 g/mol. The predicted molar refractivity (Wildman–Crippen MR) is 71.3 cm³/mol. The molecule has 0 saturated heterocycles. The third-order valence-corrected chi connectivity index (χ3v) is 3.39. The number of anilines is 1. The fourth-order valence-corrected chi connectivity index (χ4v) is 2.54. The van der Waals surface area contributed by atoms with Crippen molar-refractivity contribution in [3.05, 3.63) is 17.6 Å². The van der Waals surface area contributed by atoms with E-state index in [0.29, 0.717) is 11.8 Å². The van der Waals surface area contributed by atoms with Gasteiger partial charge in [-0.05, 0) is 25.2 Å². The van der Waals surface area contributed by atoms with Gasteiger partial charge in [0, 0.05) is 24.7 Å². The summed E-state index contributed by atoms with van der Waals surface area (Å²) < 4.78 is 0. The van der Waals surface area contributed by atoms with Crippen LogP contribution >= 0.6 is 0 Å². The van der Waals surface area contributed by atoms with Gasteiger partial charge in [0.15, 0.2) is 0 Å². The zero-order valence-corrected chi connectivity index (χ0v) is 11.2. The van der Waals surface area contributed by atoms with Gasteiger partial charge in [-0.25, -0.2) is 9.97 Å².